The van der Waals surface area contributed by atoms with Gasteiger partial charge in [0.05, 0.1) is 5.76 Å². The monoisotopic (exact) mass is 305 g/mol. The predicted octanol–water partition coefficient (Wildman–Crippen LogP) is 3.80. The van der Waals surface area contributed by atoms with Crippen molar-refractivity contribution in [1.29, 1.82) is 10.5 Å². The van der Waals surface area contributed by atoms with Crippen LogP contribution in [0, 0.1) is 22.7 Å². The topological polar surface area (TPSA) is 60.0 Å². The summed E-state index contributed by atoms with van der Waals surface area (Å²) < 4.78 is 5.75. The van der Waals surface area contributed by atoms with Crippen molar-refractivity contribution in [2.75, 3.05) is 19.0 Å². The van der Waals surface area contributed by atoms with Crippen molar-refractivity contribution in [2.45, 2.75) is 19.4 Å². The third-order valence-corrected chi connectivity index (χ3v) is 3.59. The zero-order valence-corrected chi connectivity index (χ0v) is 13.6. The minimum atomic E-state index is -0.166. The molecule has 0 saturated heterocycles. The second kappa shape index (κ2) is 7.33. The normalized spacial score (nSPS) is 17.0. The molecule has 1 aliphatic rings. The smallest absolute Gasteiger partial charge is 0.133 e. The van der Waals surface area contributed by atoms with E-state index < -0.39 is 0 Å². The second-order valence-electron chi connectivity index (χ2n) is 5.58. The van der Waals surface area contributed by atoms with Gasteiger partial charge in [-0.2, -0.15) is 10.5 Å². The predicted molar refractivity (Wildman–Crippen MR) is 91.3 cm³/mol. The van der Waals surface area contributed by atoms with Gasteiger partial charge in [-0.05, 0) is 42.3 Å². The van der Waals surface area contributed by atoms with E-state index in [1.807, 2.05) is 62.3 Å². The summed E-state index contributed by atoms with van der Waals surface area (Å²) in [5, 5.41) is 18.0. The maximum Gasteiger partial charge on any atom is 0.133 e. The molecule has 2 rings (SSSR count). The van der Waals surface area contributed by atoms with Crippen LogP contribution in [0.2, 0.25) is 0 Å². The van der Waals surface area contributed by atoms with Gasteiger partial charge in [0.1, 0.15) is 23.8 Å². The molecule has 0 saturated carbocycles. The van der Waals surface area contributed by atoms with Gasteiger partial charge < -0.3 is 9.64 Å². The van der Waals surface area contributed by atoms with Gasteiger partial charge in [-0.25, -0.2) is 0 Å². The first-order valence-electron chi connectivity index (χ1n) is 7.37. The van der Waals surface area contributed by atoms with Crippen LogP contribution in [-0.4, -0.2) is 20.2 Å². The number of allylic oxidation sites excluding steroid dienone is 3. The average Bonchev–Trinajstić information content (AvgIpc) is 2.54. The summed E-state index contributed by atoms with van der Waals surface area (Å²) in [6.07, 6.45) is 6.09. The molecule has 0 bridgehead atoms. The fraction of sp³-hybridized carbons (Fsp3) is 0.263. The van der Waals surface area contributed by atoms with E-state index in [0.717, 1.165) is 16.8 Å². The summed E-state index contributed by atoms with van der Waals surface area (Å²) in [6.45, 7) is 1.83. The number of anilines is 1. The van der Waals surface area contributed by atoms with Gasteiger partial charge in [0.15, 0.2) is 0 Å². The van der Waals surface area contributed by atoms with Crippen molar-refractivity contribution in [1.82, 2.24) is 0 Å². The van der Waals surface area contributed by atoms with Crippen molar-refractivity contribution in [2.24, 2.45) is 0 Å². The molecule has 0 radical (unpaired) electrons. The quantitative estimate of drug-likeness (QED) is 0.797. The Balaban J connectivity index is 2.15. The zero-order chi connectivity index (χ0) is 16.8. The number of nitriles is 2. The van der Waals surface area contributed by atoms with Crippen LogP contribution in [0.25, 0.3) is 6.08 Å². The molecule has 0 N–H and O–H groups in total. The highest BCUT2D eigenvalue weighted by atomic mass is 16.5. The van der Waals surface area contributed by atoms with Crippen LogP contribution in [0.4, 0.5) is 5.69 Å². The van der Waals surface area contributed by atoms with Gasteiger partial charge in [-0.3, -0.25) is 0 Å². The lowest BCUT2D eigenvalue weighted by Gasteiger charge is -2.22. The minimum Gasteiger partial charge on any atom is -0.491 e. The third kappa shape index (κ3) is 4.25. The van der Waals surface area contributed by atoms with Gasteiger partial charge in [0, 0.05) is 26.2 Å². The molecule has 1 aromatic rings. The van der Waals surface area contributed by atoms with Crippen molar-refractivity contribution >= 4 is 11.8 Å². The Morgan fingerprint density at radius 3 is 2.43 bits per heavy atom. The molecule has 4 heteroatoms. The Bertz CT molecular complexity index is 724. The van der Waals surface area contributed by atoms with E-state index in [9.17, 15) is 0 Å². The highest BCUT2D eigenvalue weighted by molar-refractivity contribution is 5.56. The first-order valence-corrected chi connectivity index (χ1v) is 7.37. The van der Waals surface area contributed by atoms with Crippen molar-refractivity contribution < 1.29 is 4.74 Å². The minimum absolute atomic E-state index is 0.154. The summed E-state index contributed by atoms with van der Waals surface area (Å²) >= 11 is 0. The lowest BCUT2D eigenvalue weighted by Crippen LogP contribution is -2.15. The number of benzene rings is 1. The highest BCUT2D eigenvalue weighted by Crippen LogP contribution is 2.25. The second-order valence-corrected chi connectivity index (χ2v) is 5.58. The Morgan fingerprint density at radius 1 is 1.22 bits per heavy atom. The van der Waals surface area contributed by atoms with Crippen LogP contribution in [0.3, 0.4) is 0 Å². The summed E-state index contributed by atoms with van der Waals surface area (Å²) in [5.74, 6) is 0.715. The standard InChI is InChI=1S/C19H19N3O/c1-14-10-16(17(12-20)13-21)11-19(23-14)9-6-15-4-7-18(8-5-15)22(2)3/h4-10,19H,11H2,1-3H3/b9-6+. The van der Waals surface area contributed by atoms with Gasteiger partial charge in [-0.1, -0.05) is 18.2 Å². The molecule has 0 fully saturated rings. The van der Waals surface area contributed by atoms with Gasteiger partial charge in [0.2, 0.25) is 0 Å². The SMILES string of the molecule is CC1=CC(=C(C#N)C#N)CC(/C=C/c2ccc(N(C)C)cc2)O1. The van der Waals surface area contributed by atoms with E-state index >= 15 is 0 Å². The summed E-state index contributed by atoms with van der Waals surface area (Å²) in [6, 6.07) is 12.1. The van der Waals surface area contributed by atoms with Gasteiger partial charge in [-0.15, -0.1) is 0 Å². The van der Waals surface area contributed by atoms with Crippen LogP contribution in [-0.2, 0) is 4.74 Å². The molecule has 1 aliphatic heterocycles. The number of nitrogens with zero attached hydrogens (tertiary/aromatic N) is 3. The number of hydrogen-bond donors (Lipinski definition) is 0. The van der Waals surface area contributed by atoms with Crippen LogP contribution >= 0.6 is 0 Å². The van der Waals surface area contributed by atoms with Crippen molar-refractivity contribution in [3.05, 3.63) is 58.9 Å². The molecule has 4 nitrogen and oxygen atoms in total. The molecule has 1 aromatic carbocycles. The van der Waals surface area contributed by atoms with E-state index in [-0.39, 0.29) is 11.7 Å². The Labute approximate surface area is 137 Å². The molecule has 1 atom stereocenters. The maximum atomic E-state index is 9.01. The third-order valence-electron chi connectivity index (χ3n) is 3.59. The Kier molecular flexibility index (Phi) is 5.23. The first kappa shape index (κ1) is 16.4. The molecule has 1 heterocycles. The van der Waals surface area contributed by atoms with E-state index in [0.29, 0.717) is 12.2 Å². The summed E-state index contributed by atoms with van der Waals surface area (Å²) in [4.78, 5) is 2.05. The number of hydrogen-bond acceptors (Lipinski definition) is 4. The van der Waals surface area contributed by atoms with Crippen LogP contribution < -0.4 is 4.90 Å². The lowest BCUT2D eigenvalue weighted by molar-refractivity contribution is 0.148. The summed E-state index contributed by atoms with van der Waals surface area (Å²) in [5.41, 5.74) is 3.11. The molecule has 0 aromatic heterocycles. The fourth-order valence-corrected chi connectivity index (χ4v) is 2.39. The van der Waals surface area contributed by atoms with E-state index in [2.05, 4.69) is 12.1 Å². The van der Waals surface area contributed by atoms with Crippen molar-refractivity contribution in [3.63, 3.8) is 0 Å². The zero-order valence-electron chi connectivity index (χ0n) is 13.6. The van der Waals surface area contributed by atoms with Crippen LogP contribution in [0.15, 0.2) is 53.3 Å². The largest absolute Gasteiger partial charge is 0.491 e. The van der Waals surface area contributed by atoms with E-state index in [1.165, 1.54) is 0 Å². The molecular formula is C19H19N3O. The molecule has 0 spiro atoms. The molecule has 0 amide bonds. The first-order chi connectivity index (χ1) is 11.0. The molecule has 1 unspecified atom stereocenters. The van der Waals surface area contributed by atoms with E-state index in [4.69, 9.17) is 15.3 Å². The molecule has 116 valence electrons. The maximum absolute atomic E-state index is 9.01. The van der Waals surface area contributed by atoms with E-state index in [1.54, 1.807) is 6.08 Å². The van der Waals surface area contributed by atoms with Gasteiger partial charge in [0.25, 0.3) is 0 Å². The average molecular weight is 305 g/mol. The molecule has 23 heavy (non-hydrogen) atoms. The van der Waals surface area contributed by atoms with Gasteiger partial charge >= 0.3 is 0 Å². The van der Waals surface area contributed by atoms with Crippen LogP contribution in [0.5, 0.6) is 0 Å². The Morgan fingerprint density at radius 2 is 1.87 bits per heavy atom. The number of ether oxygens (including phenoxy) is 1. The van der Waals surface area contributed by atoms with Crippen molar-refractivity contribution in [3.8, 4) is 12.1 Å². The molecular weight excluding hydrogens is 286 g/mol. The Hall–Kier alpha value is -2.98. The lowest BCUT2D eigenvalue weighted by atomic mass is 9.99. The highest BCUT2D eigenvalue weighted by Gasteiger charge is 2.18. The molecule has 0 aliphatic carbocycles. The summed E-state index contributed by atoms with van der Waals surface area (Å²) in [7, 11) is 4.01. The van der Waals surface area contributed by atoms with Crippen LogP contribution in [0.1, 0.15) is 18.9 Å². The fourth-order valence-electron chi connectivity index (χ4n) is 2.39. The number of rotatable bonds is 3.